The molecule has 0 radical (unpaired) electrons. The van der Waals surface area contributed by atoms with E-state index >= 15 is 0 Å². The van der Waals surface area contributed by atoms with Crippen LogP contribution < -0.4 is 15.2 Å². The average Bonchev–Trinajstić information content (AvgIpc) is 2.62. The number of likely N-dealkylation sites (tertiary alicyclic amines) is 1. The van der Waals surface area contributed by atoms with Crippen LogP contribution >= 0.6 is 12.2 Å². The number of methoxy groups -OCH3 is 1. The SMILES string of the molecule is CCOc1cc(C(=S)N2CCC(C(N)=O)CC2)ccc1OCCOC. The maximum Gasteiger partial charge on any atom is 0.220 e. The summed E-state index contributed by atoms with van der Waals surface area (Å²) in [5.41, 5.74) is 6.30. The first-order valence-electron chi connectivity index (χ1n) is 8.54. The molecule has 0 bridgehead atoms. The van der Waals surface area contributed by atoms with Crippen molar-refractivity contribution in [1.82, 2.24) is 4.90 Å². The molecule has 7 heteroatoms. The van der Waals surface area contributed by atoms with E-state index in [9.17, 15) is 4.79 Å². The molecule has 2 N–H and O–H groups in total. The molecule has 1 aromatic rings. The highest BCUT2D eigenvalue weighted by Gasteiger charge is 2.25. The fourth-order valence-corrected chi connectivity index (χ4v) is 3.12. The Morgan fingerprint density at radius 2 is 1.96 bits per heavy atom. The fraction of sp³-hybridized carbons (Fsp3) is 0.556. The summed E-state index contributed by atoms with van der Waals surface area (Å²) in [6.45, 7) is 4.92. The van der Waals surface area contributed by atoms with Crippen LogP contribution in [0.4, 0.5) is 0 Å². The third kappa shape index (κ3) is 5.31. The van der Waals surface area contributed by atoms with Crippen molar-refractivity contribution in [3.63, 3.8) is 0 Å². The number of nitrogens with zero attached hydrogens (tertiary/aromatic N) is 1. The third-order valence-corrected chi connectivity index (χ3v) is 4.71. The van der Waals surface area contributed by atoms with Gasteiger partial charge in [0, 0.05) is 31.7 Å². The minimum Gasteiger partial charge on any atom is -0.490 e. The van der Waals surface area contributed by atoms with Crippen LogP contribution in [0.15, 0.2) is 18.2 Å². The topological polar surface area (TPSA) is 74.0 Å². The average molecular weight is 366 g/mol. The molecule has 1 saturated heterocycles. The number of benzene rings is 1. The number of thiocarbonyl (C=S) groups is 1. The lowest BCUT2D eigenvalue weighted by atomic mass is 9.96. The number of carbonyl (C=O) groups excluding carboxylic acids is 1. The molecular formula is C18H26N2O4S. The van der Waals surface area contributed by atoms with Gasteiger partial charge in [-0.2, -0.15) is 0 Å². The zero-order valence-electron chi connectivity index (χ0n) is 14.8. The summed E-state index contributed by atoms with van der Waals surface area (Å²) < 4.78 is 16.4. The molecule has 138 valence electrons. The minimum atomic E-state index is -0.221. The molecule has 0 aromatic heterocycles. The molecule has 1 amide bonds. The maximum atomic E-state index is 11.3. The number of hydrogen-bond acceptors (Lipinski definition) is 5. The smallest absolute Gasteiger partial charge is 0.220 e. The van der Waals surface area contributed by atoms with E-state index in [1.807, 2.05) is 25.1 Å². The first kappa shape index (κ1) is 19.5. The van der Waals surface area contributed by atoms with E-state index in [1.165, 1.54) is 0 Å². The Morgan fingerprint density at radius 1 is 1.24 bits per heavy atom. The van der Waals surface area contributed by atoms with Crippen LogP contribution in [0, 0.1) is 5.92 Å². The molecule has 1 aliphatic rings. The van der Waals surface area contributed by atoms with Crippen LogP contribution in [0.25, 0.3) is 0 Å². The Morgan fingerprint density at radius 3 is 2.56 bits per heavy atom. The van der Waals surface area contributed by atoms with Gasteiger partial charge in [-0.1, -0.05) is 12.2 Å². The molecule has 2 rings (SSSR count). The second-order valence-corrected chi connectivity index (χ2v) is 6.29. The highest BCUT2D eigenvalue weighted by molar-refractivity contribution is 7.80. The lowest BCUT2D eigenvalue weighted by molar-refractivity contribution is -0.122. The predicted molar refractivity (Wildman–Crippen MR) is 100 cm³/mol. The maximum absolute atomic E-state index is 11.3. The van der Waals surface area contributed by atoms with Crippen molar-refractivity contribution in [3.8, 4) is 11.5 Å². The van der Waals surface area contributed by atoms with Gasteiger partial charge in [0.05, 0.1) is 13.2 Å². The summed E-state index contributed by atoms with van der Waals surface area (Å²) >= 11 is 5.63. The van der Waals surface area contributed by atoms with Gasteiger partial charge in [0.1, 0.15) is 11.6 Å². The van der Waals surface area contributed by atoms with Crippen molar-refractivity contribution >= 4 is 23.1 Å². The second-order valence-electron chi connectivity index (χ2n) is 5.90. The zero-order chi connectivity index (χ0) is 18.2. The van der Waals surface area contributed by atoms with E-state index in [2.05, 4.69) is 4.90 Å². The monoisotopic (exact) mass is 366 g/mol. The Bertz CT molecular complexity index is 601. The number of primary amides is 1. The molecule has 1 aliphatic heterocycles. The van der Waals surface area contributed by atoms with Gasteiger partial charge in [0.15, 0.2) is 11.5 Å². The quantitative estimate of drug-likeness (QED) is 0.560. The highest BCUT2D eigenvalue weighted by atomic mass is 32.1. The minimum absolute atomic E-state index is 0.0467. The van der Waals surface area contributed by atoms with Crippen molar-refractivity contribution in [2.75, 3.05) is 40.0 Å². The van der Waals surface area contributed by atoms with Gasteiger partial charge >= 0.3 is 0 Å². The summed E-state index contributed by atoms with van der Waals surface area (Å²) in [5, 5.41) is 0. The Balaban J connectivity index is 2.06. The van der Waals surface area contributed by atoms with Crippen LogP contribution in [0.5, 0.6) is 11.5 Å². The van der Waals surface area contributed by atoms with E-state index in [-0.39, 0.29) is 11.8 Å². The summed E-state index contributed by atoms with van der Waals surface area (Å²) in [6, 6.07) is 5.72. The largest absolute Gasteiger partial charge is 0.490 e. The van der Waals surface area contributed by atoms with Gasteiger partial charge in [-0.05, 0) is 38.0 Å². The standard InChI is InChI=1S/C18H26N2O4S/c1-3-23-16-12-14(4-5-15(16)24-11-10-22-2)18(25)20-8-6-13(7-9-20)17(19)21/h4-5,12-13H,3,6-11H2,1-2H3,(H2,19,21). The van der Waals surface area contributed by atoms with Gasteiger partial charge in [-0.3, -0.25) is 4.79 Å². The van der Waals surface area contributed by atoms with Gasteiger partial charge in [-0.15, -0.1) is 0 Å². The highest BCUT2D eigenvalue weighted by Crippen LogP contribution is 2.30. The number of carbonyl (C=O) groups is 1. The molecule has 0 unspecified atom stereocenters. The van der Waals surface area contributed by atoms with E-state index in [4.69, 9.17) is 32.2 Å². The van der Waals surface area contributed by atoms with Crippen molar-refractivity contribution in [2.24, 2.45) is 11.7 Å². The van der Waals surface area contributed by atoms with Crippen LogP contribution in [-0.4, -0.2) is 55.8 Å². The number of ether oxygens (including phenoxy) is 3. The molecular weight excluding hydrogens is 340 g/mol. The summed E-state index contributed by atoms with van der Waals surface area (Å²) in [4.78, 5) is 14.2. The lowest BCUT2D eigenvalue weighted by Crippen LogP contribution is -2.41. The van der Waals surface area contributed by atoms with Crippen molar-refractivity contribution in [2.45, 2.75) is 19.8 Å². The summed E-state index contributed by atoms with van der Waals surface area (Å²) in [7, 11) is 1.63. The molecule has 0 aliphatic carbocycles. The first-order valence-corrected chi connectivity index (χ1v) is 8.94. The number of piperidine rings is 1. The Labute approximate surface area is 154 Å². The van der Waals surface area contributed by atoms with E-state index in [0.29, 0.717) is 31.3 Å². The van der Waals surface area contributed by atoms with E-state index in [1.54, 1.807) is 7.11 Å². The molecule has 25 heavy (non-hydrogen) atoms. The molecule has 0 spiro atoms. The van der Waals surface area contributed by atoms with Gasteiger partial charge in [-0.25, -0.2) is 0 Å². The molecule has 6 nitrogen and oxygen atoms in total. The van der Waals surface area contributed by atoms with Crippen LogP contribution in [0.3, 0.4) is 0 Å². The van der Waals surface area contributed by atoms with E-state index in [0.717, 1.165) is 36.5 Å². The zero-order valence-corrected chi connectivity index (χ0v) is 15.6. The first-order chi connectivity index (χ1) is 12.1. The van der Waals surface area contributed by atoms with Crippen molar-refractivity contribution in [3.05, 3.63) is 23.8 Å². The van der Waals surface area contributed by atoms with Crippen LogP contribution in [0.1, 0.15) is 25.3 Å². The van der Waals surface area contributed by atoms with Crippen molar-refractivity contribution < 1.29 is 19.0 Å². The van der Waals surface area contributed by atoms with E-state index < -0.39 is 0 Å². The Hall–Kier alpha value is -1.86. The van der Waals surface area contributed by atoms with Gasteiger partial charge in [0.25, 0.3) is 0 Å². The van der Waals surface area contributed by atoms with Gasteiger partial charge in [0.2, 0.25) is 5.91 Å². The number of hydrogen-bond donors (Lipinski definition) is 1. The molecule has 1 heterocycles. The number of amides is 1. The predicted octanol–water partition coefficient (Wildman–Crippen LogP) is 1.98. The lowest BCUT2D eigenvalue weighted by Gasteiger charge is -2.32. The normalized spacial score (nSPS) is 15.0. The van der Waals surface area contributed by atoms with Crippen molar-refractivity contribution in [1.29, 1.82) is 0 Å². The van der Waals surface area contributed by atoms with Gasteiger partial charge < -0.3 is 24.8 Å². The molecule has 1 aromatic carbocycles. The summed E-state index contributed by atoms with van der Waals surface area (Å²) in [5.74, 6) is 1.08. The third-order valence-electron chi connectivity index (χ3n) is 4.22. The van der Waals surface area contributed by atoms with Crippen LogP contribution in [-0.2, 0) is 9.53 Å². The summed E-state index contributed by atoms with van der Waals surface area (Å²) in [6.07, 6.45) is 1.48. The number of rotatable bonds is 8. The second kappa shape index (κ2) is 9.58. The Kier molecular flexibility index (Phi) is 7.46. The molecule has 0 atom stereocenters. The molecule has 1 fully saturated rings. The van der Waals surface area contributed by atoms with Crippen LogP contribution in [0.2, 0.25) is 0 Å². The number of nitrogens with two attached hydrogens (primary N) is 1. The molecule has 0 saturated carbocycles. The fourth-order valence-electron chi connectivity index (χ4n) is 2.81.